The molecule has 0 aromatic heterocycles. The van der Waals surface area contributed by atoms with E-state index in [2.05, 4.69) is 5.32 Å². The Hall–Kier alpha value is -3.89. The van der Waals surface area contributed by atoms with Crippen molar-refractivity contribution in [2.75, 3.05) is 14.2 Å². The van der Waals surface area contributed by atoms with E-state index >= 15 is 0 Å². The van der Waals surface area contributed by atoms with Gasteiger partial charge in [-0.2, -0.15) is 8.78 Å². The highest BCUT2D eigenvalue weighted by Crippen LogP contribution is 2.43. The number of Topliss-reactive ketones (excluding diaryl/α,β-unsaturated/α-hetero) is 1. The van der Waals surface area contributed by atoms with Crippen molar-refractivity contribution in [2.24, 2.45) is 0 Å². The van der Waals surface area contributed by atoms with Crippen molar-refractivity contribution in [3.8, 4) is 11.5 Å². The van der Waals surface area contributed by atoms with Crippen molar-refractivity contribution in [3.63, 3.8) is 0 Å². The minimum Gasteiger partial charge on any atom is -0.496 e. The van der Waals surface area contributed by atoms with Crippen LogP contribution in [0.25, 0.3) is 0 Å². The lowest BCUT2D eigenvalue weighted by molar-refractivity contribution is -0.136. The Morgan fingerprint density at radius 2 is 1.65 bits per heavy atom. The summed E-state index contributed by atoms with van der Waals surface area (Å²) in [6, 6.07) is 4.59. The smallest absolute Gasteiger partial charge is 0.336 e. The van der Waals surface area contributed by atoms with E-state index in [9.17, 15) is 31.5 Å². The molecule has 0 unspecified atom stereocenters. The van der Waals surface area contributed by atoms with E-state index in [1.54, 1.807) is 13.0 Å². The predicted octanol–water partition coefficient (Wildman–Crippen LogP) is 5.11. The largest absolute Gasteiger partial charge is 0.496 e. The maximum atomic E-state index is 14.1. The van der Waals surface area contributed by atoms with Crippen LogP contribution in [-0.4, -0.2) is 26.0 Å². The summed E-state index contributed by atoms with van der Waals surface area (Å²) < 4.78 is 84.1. The van der Waals surface area contributed by atoms with Gasteiger partial charge in [0.05, 0.1) is 19.8 Å². The van der Waals surface area contributed by atoms with Gasteiger partial charge in [0.2, 0.25) is 29.1 Å². The predicted molar refractivity (Wildman–Crippen MR) is 120 cm³/mol. The number of dihydropyridines is 1. The van der Waals surface area contributed by atoms with Crippen molar-refractivity contribution >= 4 is 11.8 Å². The van der Waals surface area contributed by atoms with E-state index in [1.807, 2.05) is 0 Å². The summed E-state index contributed by atoms with van der Waals surface area (Å²) in [6.07, 6.45) is 1.52. The Morgan fingerprint density at radius 1 is 1.00 bits per heavy atom. The van der Waals surface area contributed by atoms with E-state index in [4.69, 9.17) is 14.2 Å². The number of carbonyl (C=O) groups is 2. The number of nitrogens with one attached hydrogen (secondary N) is 1. The Kier molecular flexibility index (Phi) is 7.24. The molecule has 2 aliphatic rings. The molecular formula is C26H22F5NO5. The molecule has 196 valence electrons. The van der Waals surface area contributed by atoms with Crippen LogP contribution in [0.2, 0.25) is 0 Å². The molecule has 0 saturated carbocycles. The fourth-order valence-corrected chi connectivity index (χ4v) is 4.65. The number of hydrogen-bond donors (Lipinski definition) is 1. The Labute approximate surface area is 208 Å². The molecule has 4 rings (SSSR count). The normalized spacial score (nSPS) is 17.4. The van der Waals surface area contributed by atoms with Gasteiger partial charge in [0.1, 0.15) is 12.4 Å². The number of carbonyl (C=O) groups excluding carboxylic acids is 2. The van der Waals surface area contributed by atoms with E-state index in [0.717, 1.165) is 0 Å². The molecule has 6 nitrogen and oxygen atoms in total. The number of ketones is 1. The van der Waals surface area contributed by atoms with Crippen molar-refractivity contribution in [3.05, 3.63) is 81.0 Å². The zero-order valence-electron chi connectivity index (χ0n) is 20.1. The molecule has 2 aromatic rings. The van der Waals surface area contributed by atoms with Crippen LogP contribution in [0, 0.1) is 29.1 Å². The lowest BCUT2D eigenvalue weighted by Gasteiger charge is -2.34. The minimum atomic E-state index is -2.30. The highest BCUT2D eigenvalue weighted by atomic mass is 19.2. The molecule has 37 heavy (non-hydrogen) atoms. The third kappa shape index (κ3) is 4.54. The van der Waals surface area contributed by atoms with Crippen LogP contribution >= 0.6 is 0 Å². The number of halogens is 5. The molecule has 1 atom stereocenters. The standard InChI is InChI=1S/C26H22F5NO5/c1-11-17(26(34)36-3)18(19-14(32-11)5-4-6-15(19)33)12-7-8-16(35-2)13(9-12)10-37-25-23(30)21(28)20(27)22(29)24(25)31/h7-9,18,32H,4-6,10H2,1-3H3/t18-/m1/s1. The summed E-state index contributed by atoms with van der Waals surface area (Å²) in [6.45, 7) is 1.04. The number of rotatable bonds is 6. The second kappa shape index (κ2) is 10.2. The third-order valence-corrected chi connectivity index (χ3v) is 6.36. The second-order valence-electron chi connectivity index (χ2n) is 8.52. The van der Waals surface area contributed by atoms with Gasteiger partial charge in [-0.1, -0.05) is 6.07 Å². The summed E-state index contributed by atoms with van der Waals surface area (Å²) in [7, 11) is 2.53. The second-order valence-corrected chi connectivity index (χ2v) is 8.52. The maximum Gasteiger partial charge on any atom is 0.336 e. The molecular weight excluding hydrogens is 501 g/mol. The number of esters is 1. The topological polar surface area (TPSA) is 73.9 Å². The van der Waals surface area contributed by atoms with Gasteiger partial charge in [-0.25, -0.2) is 18.0 Å². The van der Waals surface area contributed by atoms with Gasteiger partial charge < -0.3 is 19.5 Å². The van der Waals surface area contributed by atoms with Gasteiger partial charge in [0.25, 0.3) is 0 Å². The summed E-state index contributed by atoms with van der Waals surface area (Å²) in [4.78, 5) is 25.7. The van der Waals surface area contributed by atoms with Crippen molar-refractivity contribution in [1.29, 1.82) is 0 Å². The van der Waals surface area contributed by atoms with Gasteiger partial charge in [-0.05, 0) is 37.5 Å². The zero-order valence-corrected chi connectivity index (χ0v) is 20.1. The average molecular weight is 523 g/mol. The molecule has 1 aliphatic heterocycles. The first-order valence-corrected chi connectivity index (χ1v) is 11.2. The first-order valence-electron chi connectivity index (χ1n) is 11.2. The fourth-order valence-electron chi connectivity index (χ4n) is 4.65. The highest BCUT2D eigenvalue weighted by Gasteiger charge is 2.39. The summed E-state index contributed by atoms with van der Waals surface area (Å²) in [5.41, 5.74) is 2.40. The molecule has 2 aromatic carbocycles. The van der Waals surface area contributed by atoms with Crippen molar-refractivity contribution in [1.82, 2.24) is 5.32 Å². The van der Waals surface area contributed by atoms with E-state index in [1.165, 1.54) is 26.4 Å². The Bertz CT molecular complexity index is 1340. The average Bonchev–Trinajstić information content (AvgIpc) is 2.89. The van der Waals surface area contributed by atoms with Crippen LogP contribution in [0.4, 0.5) is 22.0 Å². The summed E-state index contributed by atoms with van der Waals surface area (Å²) in [5.74, 6) is -13.7. The highest BCUT2D eigenvalue weighted by molar-refractivity contribution is 6.03. The first-order chi connectivity index (χ1) is 17.6. The van der Waals surface area contributed by atoms with Crippen LogP contribution in [-0.2, 0) is 20.9 Å². The van der Waals surface area contributed by atoms with Gasteiger partial charge in [-0.3, -0.25) is 4.79 Å². The minimum absolute atomic E-state index is 0.150. The number of methoxy groups -OCH3 is 2. The zero-order chi connectivity index (χ0) is 27.0. The summed E-state index contributed by atoms with van der Waals surface area (Å²) >= 11 is 0. The number of benzene rings is 2. The summed E-state index contributed by atoms with van der Waals surface area (Å²) in [5, 5.41) is 3.13. The van der Waals surface area contributed by atoms with Crippen LogP contribution in [0.1, 0.15) is 43.2 Å². The molecule has 1 heterocycles. The molecule has 1 N–H and O–H groups in total. The van der Waals surface area contributed by atoms with Crippen LogP contribution in [0.15, 0.2) is 40.7 Å². The van der Waals surface area contributed by atoms with E-state index in [-0.39, 0.29) is 29.1 Å². The molecule has 0 amide bonds. The van der Waals surface area contributed by atoms with Crippen LogP contribution < -0.4 is 14.8 Å². The van der Waals surface area contributed by atoms with Crippen molar-refractivity contribution in [2.45, 2.75) is 38.7 Å². The third-order valence-electron chi connectivity index (χ3n) is 6.36. The van der Waals surface area contributed by atoms with Crippen LogP contribution in [0.5, 0.6) is 11.5 Å². The Balaban J connectivity index is 1.79. The van der Waals surface area contributed by atoms with Gasteiger partial charge in [0, 0.05) is 34.9 Å². The molecule has 11 heteroatoms. The van der Waals surface area contributed by atoms with Crippen LogP contribution in [0.3, 0.4) is 0 Å². The molecule has 0 fully saturated rings. The van der Waals surface area contributed by atoms with Gasteiger partial charge in [0.15, 0.2) is 11.5 Å². The lowest BCUT2D eigenvalue weighted by Crippen LogP contribution is -2.34. The molecule has 0 bridgehead atoms. The van der Waals surface area contributed by atoms with E-state index < -0.39 is 53.3 Å². The Morgan fingerprint density at radius 3 is 2.27 bits per heavy atom. The number of hydrogen-bond acceptors (Lipinski definition) is 6. The molecule has 0 saturated heterocycles. The monoisotopic (exact) mass is 523 g/mol. The van der Waals surface area contributed by atoms with E-state index in [0.29, 0.717) is 35.4 Å². The lowest BCUT2D eigenvalue weighted by atomic mass is 9.75. The molecule has 0 spiro atoms. The molecule has 1 aliphatic carbocycles. The van der Waals surface area contributed by atoms with Gasteiger partial charge in [-0.15, -0.1) is 0 Å². The van der Waals surface area contributed by atoms with Gasteiger partial charge >= 0.3 is 5.97 Å². The fraction of sp³-hybridized carbons (Fsp3) is 0.308. The quantitative estimate of drug-likeness (QED) is 0.246. The SMILES string of the molecule is COC(=O)C1=C(C)NC2=C(C(=O)CCC2)[C@@H]1c1ccc(OC)c(COc2c(F)c(F)c(F)c(F)c2F)c1. The molecule has 0 radical (unpaired) electrons. The van der Waals surface area contributed by atoms with Crippen molar-refractivity contribution < 1.29 is 45.8 Å². The maximum absolute atomic E-state index is 14.1. The first kappa shape index (κ1) is 26.2. The number of allylic oxidation sites excluding steroid dienone is 3. The number of ether oxygens (including phenoxy) is 3.